The highest BCUT2D eigenvalue weighted by molar-refractivity contribution is 5.93. The van der Waals surface area contributed by atoms with E-state index in [1.165, 1.54) is 24.8 Å². The van der Waals surface area contributed by atoms with Crippen LogP contribution in [0.2, 0.25) is 0 Å². The van der Waals surface area contributed by atoms with Crippen LogP contribution in [0, 0.1) is 11.3 Å². The molecule has 2 atom stereocenters. The predicted octanol–water partition coefficient (Wildman–Crippen LogP) is 3.35. The lowest BCUT2D eigenvalue weighted by Gasteiger charge is -2.39. The molecule has 21 heavy (non-hydrogen) atoms. The van der Waals surface area contributed by atoms with Crippen LogP contribution in [-0.4, -0.2) is 19.0 Å². The van der Waals surface area contributed by atoms with Crippen molar-refractivity contribution in [2.75, 3.05) is 7.05 Å². The number of carbonyl (C=O) groups is 1. The minimum Gasteiger partial charge on any atom is -0.355 e. The second-order valence-electron chi connectivity index (χ2n) is 7.27. The molecule has 1 aromatic rings. The highest BCUT2D eigenvalue weighted by Crippen LogP contribution is 2.38. The summed E-state index contributed by atoms with van der Waals surface area (Å²) in [6.07, 6.45) is 3.83. The van der Waals surface area contributed by atoms with Gasteiger partial charge in [0.05, 0.1) is 0 Å². The van der Waals surface area contributed by atoms with E-state index in [1.807, 2.05) is 24.3 Å². The third-order valence-electron chi connectivity index (χ3n) is 4.42. The molecule has 1 fully saturated rings. The van der Waals surface area contributed by atoms with E-state index in [9.17, 15) is 4.79 Å². The second kappa shape index (κ2) is 6.61. The lowest BCUT2D eigenvalue weighted by Crippen LogP contribution is -2.39. The van der Waals surface area contributed by atoms with Crippen LogP contribution < -0.4 is 10.6 Å². The maximum Gasteiger partial charge on any atom is 0.251 e. The van der Waals surface area contributed by atoms with Gasteiger partial charge in [0.25, 0.3) is 5.91 Å². The van der Waals surface area contributed by atoms with E-state index in [0.717, 1.165) is 12.5 Å². The summed E-state index contributed by atoms with van der Waals surface area (Å²) < 4.78 is 0. The Morgan fingerprint density at radius 1 is 1.24 bits per heavy atom. The summed E-state index contributed by atoms with van der Waals surface area (Å²) in [6, 6.07) is 8.46. The van der Waals surface area contributed by atoms with Crippen molar-refractivity contribution in [1.82, 2.24) is 10.6 Å². The molecule has 0 heterocycles. The Bertz CT molecular complexity index is 478. The van der Waals surface area contributed by atoms with Crippen molar-refractivity contribution < 1.29 is 4.79 Å². The first kappa shape index (κ1) is 16.0. The molecule has 2 unspecified atom stereocenters. The third kappa shape index (κ3) is 4.57. The van der Waals surface area contributed by atoms with Gasteiger partial charge in [-0.15, -0.1) is 0 Å². The molecule has 1 saturated carbocycles. The largest absolute Gasteiger partial charge is 0.355 e. The maximum atomic E-state index is 11.5. The molecule has 2 N–H and O–H groups in total. The van der Waals surface area contributed by atoms with Crippen molar-refractivity contribution in [2.45, 2.75) is 52.6 Å². The Morgan fingerprint density at radius 3 is 2.48 bits per heavy atom. The van der Waals surface area contributed by atoms with E-state index in [0.29, 0.717) is 17.0 Å². The van der Waals surface area contributed by atoms with Crippen molar-refractivity contribution >= 4 is 5.91 Å². The first-order valence-corrected chi connectivity index (χ1v) is 7.94. The van der Waals surface area contributed by atoms with Gasteiger partial charge in [-0.25, -0.2) is 0 Å². The van der Waals surface area contributed by atoms with Gasteiger partial charge in [0, 0.05) is 25.2 Å². The van der Waals surface area contributed by atoms with E-state index in [2.05, 4.69) is 31.4 Å². The number of hydrogen-bond acceptors (Lipinski definition) is 2. The lowest BCUT2D eigenvalue weighted by molar-refractivity contribution is 0.0963. The summed E-state index contributed by atoms with van der Waals surface area (Å²) in [6.45, 7) is 7.97. The summed E-state index contributed by atoms with van der Waals surface area (Å²) >= 11 is 0. The van der Waals surface area contributed by atoms with E-state index in [4.69, 9.17) is 0 Å². The molecule has 116 valence electrons. The van der Waals surface area contributed by atoms with Gasteiger partial charge in [-0.1, -0.05) is 32.9 Å². The van der Waals surface area contributed by atoms with E-state index in [-0.39, 0.29) is 5.91 Å². The number of hydrogen-bond donors (Lipinski definition) is 2. The Morgan fingerprint density at radius 2 is 1.90 bits per heavy atom. The fraction of sp³-hybridized carbons (Fsp3) is 0.611. The molecular formula is C18H28N2O. The zero-order valence-electron chi connectivity index (χ0n) is 13.7. The van der Waals surface area contributed by atoms with Gasteiger partial charge in [0.1, 0.15) is 0 Å². The van der Waals surface area contributed by atoms with E-state index < -0.39 is 0 Å². The first-order chi connectivity index (χ1) is 9.89. The molecule has 1 amide bonds. The summed E-state index contributed by atoms with van der Waals surface area (Å²) in [5, 5.41) is 6.33. The van der Waals surface area contributed by atoms with Crippen LogP contribution in [0.25, 0.3) is 0 Å². The molecule has 0 bridgehead atoms. The smallest absolute Gasteiger partial charge is 0.251 e. The van der Waals surface area contributed by atoms with Gasteiger partial charge in [-0.2, -0.15) is 0 Å². The Hall–Kier alpha value is -1.35. The van der Waals surface area contributed by atoms with Gasteiger partial charge in [0.2, 0.25) is 0 Å². The quantitative estimate of drug-likeness (QED) is 0.892. The Labute approximate surface area is 128 Å². The van der Waals surface area contributed by atoms with Crippen molar-refractivity contribution in [1.29, 1.82) is 0 Å². The zero-order valence-corrected chi connectivity index (χ0v) is 13.7. The Balaban J connectivity index is 1.89. The molecule has 0 saturated heterocycles. The SMILES string of the molecule is CNC(=O)c1ccc(CNC2CC(C)CC(C)(C)C2)cc1. The number of carbonyl (C=O) groups excluding carboxylic acids is 1. The fourth-order valence-corrected chi connectivity index (χ4v) is 3.68. The van der Waals surface area contributed by atoms with Crippen molar-refractivity contribution in [2.24, 2.45) is 11.3 Å². The van der Waals surface area contributed by atoms with Crippen LogP contribution in [-0.2, 0) is 6.54 Å². The highest BCUT2D eigenvalue weighted by atomic mass is 16.1. The lowest BCUT2D eigenvalue weighted by atomic mass is 9.70. The monoisotopic (exact) mass is 288 g/mol. The summed E-state index contributed by atoms with van der Waals surface area (Å²) in [7, 11) is 1.66. The molecular weight excluding hydrogens is 260 g/mol. The molecule has 3 nitrogen and oxygen atoms in total. The standard InChI is InChI=1S/C18H28N2O/c1-13-9-16(11-18(2,3)10-13)20-12-14-5-7-15(8-6-14)17(21)19-4/h5-8,13,16,20H,9-12H2,1-4H3,(H,19,21). The second-order valence-corrected chi connectivity index (χ2v) is 7.27. The van der Waals surface area contributed by atoms with Crippen LogP contribution in [0.5, 0.6) is 0 Å². The van der Waals surface area contributed by atoms with Gasteiger partial charge in [-0.05, 0) is 48.3 Å². The first-order valence-electron chi connectivity index (χ1n) is 7.94. The number of rotatable bonds is 4. The highest BCUT2D eigenvalue weighted by Gasteiger charge is 2.31. The predicted molar refractivity (Wildman–Crippen MR) is 87.3 cm³/mol. The molecule has 3 heteroatoms. The van der Waals surface area contributed by atoms with Crippen molar-refractivity contribution in [3.63, 3.8) is 0 Å². The summed E-state index contributed by atoms with van der Waals surface area (Å²) in [4.78, 5) is 11.5. The van der Waals surface area contributed by atoms with Crippen LogP contribution in [0.4, 0.5) is 0 Å². The molecule has 0 aromatic heterocycles. The number of benzene rings is 1. The third-order valence-corrected chi connectivity index (χ3v) is 4.42. The van der Waals surface area contributed by atoms with Crippen molar-refractivity contribution in [3.05, 3.63) is 35.4 Å². The normalized spacial score (nSPS) is 24.6. The van der Waals surface area contributed by atoms with Gasteiger partial charge in [0.15, 0.2) is 0 Å². The maximum absolute atomic E-state index is 11.5. The van der Waals surface area contributed by atoms with Crippen molar-refractivity contribution in [3.8, 4) is 0 Å². The van der Waals surface area contributed by atoms with E-state index >= 15 is 0 Å². The van der Waals surface area contributed by atoms with Crippen LogP contribution in [0.15, 0.2) is 24.3 Å². The van der Waals surface area contributed by atoms with Crippen LogP contribution >= 0.6 is 0 Å². The number of amides is 1. The minimum atomic E-state index is -0.0302. The van der Waals surface area contributed by atoms with Crippen LogP contribution in [0.3, 0.4) is 0 Å². The van der Waals surface area contributed by atoms with Gasteiger partial charge >= 0.3 is 0 Å². The molecule has 2 rings (SSSR count). The molecule has 1 aliphatic rings. The molecule has 0 spiro atoms. The minimum absolute atomic E-state index is 0.0302. The topological polar surface area (TPSA) is 41.1 Å². The fourth-order valence-electron chi connectivity index (χ4n) is 3.68. The molecule has 0 radical (unpaired) electrons. The van der Waals surface area contributed by atoms with E-state index in [1.54, 1.807) is 7.05 Å². The Kier molecular flexibility index (Phi) is 5.04. The summed E-state index contributed by atoms with van der Waals surface area (Å²) in [5.74, 6) is 0.763. The molecule has 1 aliphatic carbocycles. The zero-order chi connectivity index (χ0) is 15.5. The average molecular weight is 288 g/mol. The molecule has 0 aliphatic heterocycles. The summed E-state index contributed by atoms with van der Waals surface area (Å²) in [5.41, 5.74) is 2.39. The molecule has 1 aromatic carbocycles. The average Bonchev–Trinajstić information content (AvgIpc) is 2.43. The van der Waals surface area contributed by atoms with Crippen LogP contribution in [0.1, 0.15) is 56.0 Å². The van der Waals surface area contributed by atoms with Gasteiger partial charge < -0.3 is 10.6 Å². The number of nitrogens with one attached hydrogen (secondary N) is 2. The van der Waals surface area contributed by atoms with Gasteiger partial charge in [-0.3, -0.25) is 4.79 Å².